The Balaban J connectivity index is 2.11. The van der Waals surface area contributed by atoms with Gasteiger partial charge in [0.25, 0.3) is 0 Å². The van der Waals surface area contributed by atoms with Gasteiger partial charge in [0, 0.05) is 24.9 Å². The van der Waals surface area contributed by atoms with E-state index in [0.717, 1.165) is 54.0 Å². The Morgan fingerprint density at radius 2 is 2.26 bits per heavy atom. The molecule has 0 aliphatic carbocycles. The lowest BCUT2D eigenvalue weighted by molar-refractivity contribution is -0.0298. The number of nitrogens with zero attached hydrogens (tertiary/aromatic N) is 5. The van der Waals surface area contributed by atoms with Crippen LogP contribution in [0.25, 0.3) is 16.7 Å². The third-order valence-corrected chi connectivity index (χ3v) is 4.09. The van der Waals surface area contributed by atoms with Crippen LogP contribution in [0.5, 0.6) is 0 Å². The molecule has 120 valence electrons. The third kappa shape index (κ3) is 2.94. The molecule has 1 atom stereocenters. The Morgan fingerprint density at radius 3 is 2.96 bits per heavy atom. The minimum atomic E-state index is 0.00396. The van der Waals surface area contributed by atoms with Crippen LogP contribution in [0, 0.1) is 0 Å². The second-order valence-corrected chi connectivity index (χ2v) is 5.49. The first-order valence-electron chi connectivity index (χ1n) is 7.82. The summed E-state index contributed by atoms with van der Waals surface area (Å²) < 4.78 is 7.86. The summed E-state index contributed by atoms with van der Waals surface area (Å²) in [7, 11) is 1.76. The number of ether oxygens (including phenoxy) is 1. The number of aromatic nitrogens is 4. The molecule has 0 amide bonds. The van der Waals surface area contributed by atoms with Gasteiger partial charge in [-0.2, -0.15) is 0 Å². The molecule has 3 heterocycles. The van der Waals surface area contributed by atoms with E-state index in [-0.39, 0.29) is 6.23 Å². The maximum atomic E-state index is 5.85. The van der Waals surface area contributed by atoms with Gasteiger partial charge in [0.05, 0.1) is 6.33 Å². The fourth-order valence-corrected chi connectivity index (χ4v) is 2.81. The summed E-state index contributed by atoms with van der Waals surface area (Å²) in [6, 6.07) is 0. The van der Waals surface area contributed by atoms with Crippen molar-refractivity contribution >= 4 is 22.4 Å². The van der Waals surface area contributed by atoms with Crippen molar-refractivity contribution in [1.29, 1.82) is 0 Å². The summed E-state index contributed by atoms with van der Waals surface area (Å²) in [4.78, 5) is 17.7. The smallest absolute Gasteiger partial charge is 0.165 e. The first-order valence-corrected chi connectivity index (χ1v) is 7.82. The number of allylic oxidation sites excluding steroid dienone is 3. The van der Waals surface area contributed by atoms with Crippen LogP contribution < -0.4 is 0 Å². The molecule has 2 aromatic rings. The van der Waals surface area contributed by atoms with Crippen LogP contribution in [0.1, 0.15) is 38.1 Å². The van der Waals surface area contributed by atoms with E-state index in [0.29, 0.717) is 0 Å². The summed E-state index contributed by atoms with van der Waals surface area (Å²) in [5, 5.41) is 0. The van der Waals surface area contributed by atoms with Crippen molar-refractivity contribution in [3.05, 3.63) is 37.1 Å². The number of hydrogen-bond donors (Lipinski definition) is 0. The summed E-state index contributed by atoms with van der Waals surface area (Å²) in [5.41, 5.74) is 4.11. The zero-order valence-electron chi connectivity index (χ0n) is 13.6. The molecule has 0 radical (unpaired) electrons. The normalized spacial score (nSPS) is 20.0. The van der Waals surface area contributed by atoms with E-state index in [9.17, 15) is 0 Å². The molecule has 3 rings (SSSR count). The number of rotatable bonds is 4. The van der Waals surface area contributed by atoms with Crippen molar-refractivity contribution in [2.75, 3.05) is 13.7 Å². The summed E-state index contributed by atoms with van der Waals surface area (Å²) in [5.74, 6) is 0. The van der Waals surface area contributed by atoms with Gasteiger partial charge in [-0.3, -0.25) is 9.56 Å². The van der Waals surface area contributed by atoms with Gasteiger partial charge in [0.15, 0.2) is 5.65 Å². The maximum absolute atomic E-state index is 5.85. The molecule has 1 fully saturated rings. The monoisotopic (exact) mass is 311 g/mol. The van der Waals surface area contributed by atoms with E-state index >= 15 is 0 Å². The third-order valence-electron chi connectivity index (χ3n) is 4.09. The molecular weight excluding hydrogens is 290 g/mol. The van der Waals surface area contributed by atoms with E-state index in [1.54, 1.807) is 25.8 Å². The minimum absolute atomic E-state index is 0.00396. The number of hydrogen-bond acceptors (Lipinski definition) is 5. The molecule has 6 heteroatoms. The Bertz CT molecular complexity index is 768. The second-order valence-electron chi connectivity index (χ2n) is 5.49. The van der Waals surface area contributed by atoms with Gasteiger partial charge < -0.3 is 4.74 Å². The number of aliphatic imine (C=N–C) groups is 1. The van der Waals surface area contributed by atoms with Crippen molar-refractivity contribution in [3.8, 4) is 0 Å². The van der Waals surface area contributed by atoms with Gasteiger partial charge in [-0.15, -0.1) is 0 Å². The predicted molar refractivity (Wildman–Crippen MR) is 91.4 cm³/mol. The molecule has 1 aliphatic heterocycles. The first kappa shape index (κ1) is 15.6. The fraction of sp³-hybridized carbons (Fsp3) is 0.412. The van der Waals surface area contributed by atoms with E-state index in [2.05, 4.69) is 26.5 Å². The summed E-state index contributed by atoms with van der Waals surface area (Å²) in [6.07, 6.45) is 10.3. The van der Waals surface area contributed by atoms with Gasteiger partial charge in [-0.1, -0.05) is 18.7 Å². The molecule has 1 saturated heterocycles. The number of fused-ring (bicyclic) bond motifs is 1. The van der Waals surface area contributed by atoms with Gasteiger partial charge in [-0.25, -0.2) is 15.0 Å². The van der Waals surface area contributed by atoms with Gasteiger partial charge in [0.2, 0.25) is 0 Å². The minimum Gasteiger partial charge on any atom is -0.358 e. The molecule has 0 spiro atoms. The van der Waals surface area contributed by atoms with Crippen molar-refractivity contribution in [1.82, 2.24) is 19.5 Å². The largest absolute Gasteiger partial charge is 0.358 e. The van der Waals surface area contributed by atoms with Gasteiger partial charge >= 0.3 is 0 Å². The quantitative estimate of drug-likeness (QED) is 0.642. The average molecular weight is 311 g/mol. The first-order chi connectivity index (χ1) is 11.3. The van der Waals surface area contributed by atoms with E-state index in [1.807, 2.05) is 17.6 Å². The van der Waals surface area contributed by atoms with Crippen molar-refractivity contribution in [3.63, 3.8) is 0 Å². The highest BCUT2D eigenvalue weighted by Crippen LogP contribution is 2.28. The SMILES string of the molecule is C=C/C=C(\C(C)=NC)c1ncnc2c1ncn2C1CCCCO1. The lowest BCUT2D eigenvalue weighted by atomic mass is 10.1. The molecule has 1 unspecified atom stereocenters. The van der Waals surface area contributed by atoms with Crippen LogP contribution in [0.2, 0.25) is 0 Å². The molecule has 0 N–H and O–H groups in total. The lowest BCUT2D eigenvalue weighted by Crippen LogP contribution is -2.17. The standard InChI is InChI=1S/C17H21N5O/c1-4-7-13(12(2)18-3)15-16-17(20-10-19-15)22(11-21-16)14-8-5-6-9-23-14/h4,7,10-11,14H,1,5-6,8-9H2,2-3H3/b13-7+,18-12?. The molecule has 1 aliphatic rings. The zero-order valence-corrected chi connectivity index (χ0v) is 13.6. The second kappa shape index (κ2) is 6.83. The van der Waals surface area contributed by atoms with Crippen LogP contribution in [0.3, 0.4) is 0 Å². The highest BCUT2D eigenvalue weighted by atomic mass is 16.5. The van der Waals surface area contributed by atoms with Crippen LogP contribution in [-0.4, -0.2) is 38.9 Å². The summed E-state index contributed by atoms with van der Waals surface area (Å²) >= 11 is 0. The molecule has 0 bridgehead atoms. The van der Waals surface area contributed by atoms with E-state index < -0.39 is 0 Å². The van der Waals surface area contributed by atoms with Crippen molar-refractivity contribution in [2.24, 2.45) is 4.99 Å². The molecular formula is C17H21N5O. The lowest BCUT2D eigenvalue weighted by Gasteiger charge is -2.23. The number of imidazole rings is 1. The maximum Gasteiger partial charge on any atom is 0.165 e. The topological polar surface area (TPSA) is 65.2 Å². The molecule has 6 nitrogen and oxygen atoms in total. The van der Waals surface area contributed by atoms with E-state index in [4.69, 9.17) is 4.74 Å². The summed E-state index contributed by atoms with van der Waals surface area (Å²) in [6.45, 7) is 6.51. The molecule has 0 aromatic carbocycles. The predicted octanol–water partition coefficient (Wildman–Crippen LogP) is 3.19. The van der Waals surface area contributed by atoms with Crippen LogP contribution in [0.15, 0.2) is 36.4 Å². The van der Waals surface area contributed by atoms with Crippen molar-refractivity contribution in [2.45, 2.75) is 32.4 Å². The Labute approximate surface area is 135 Å². The Kier molecular flexibility index (Phi) is 4.62. The van der Waals surface area contributed by atoms with Crippen molar-refractivity contribution < 1.29 is 4.74 Å². The van der Waals surface area contributed by atoms with Crippen LogP contribution >= 0.6 is 0 Å². The fourth-order valence-electron chi connectivity index (χ4n) is 2.81. The molecule has 23 heavy (non-hydrogen) atoms. The molecule has 2 aromatic heterocycles. The Hall–Kier alpha value is -2.34. The zero-order chi connectivity index (χ0) is 16.2. The highest BCUT2D eigenvalue weighted by Gasteiger charge is 2.21. The Morgan fingerprint density at radius 1 is 1.39 bits per heavy atom. The van der Waals surface area contributed by atoms with Gasteiger partial charge in [-0.05, 0) is 26.2 Å². The highest BCUT2D eigenvalue weighted by molar-refractivity contribution is 6.24. The average Bonchev–Trinajstić information content (AvgIpc) is 3.04. The van der Waals surface area contributed by atoms with Crippen LogP contribution in [0.4, 0.5) is 0 Å². The van der Waals surface area contributed by atoms with Gasteiger partial charge in [0.1, 0.15) is 23.8 Å². The molecule has 0 saturated carbocycles. The van der Waals surface area contributed by atoms with Crippen LogP contribution in [-0.2, 0) is 4.74 Å². The van der Waals surface area contributed by atoms with E-state index in [1.165, 1.54) is 0 Å².